The van der Waals surface area contributed by atoms with E-state index in [4.69, 9.17) is 0 Å². The number of carbonyl (C=O) groups is 1. The first-order chi connectivity index (χ1) is 8.13. The maximum absolute atomic E-state index is 12.1. The molecule has 1 N–H and O–H groups in total. The molecule has 1 aliphatic heterocycles. The topological polar surface area (TPSA) is 35.6 Å². The van der Waals surface area contributed by atoms with Crippen LogP contribution in [0.25, 0.3) is 0 Å². The Morgan fingerprint density at radius 3 is 2.65 bits per heavy atom. The Morgan fingerprint density at radius 2 is 2.12 bits per heavy atom. The Kier molecular flexibility index (Phi) is 6.52. The number of amides is 1. The van der Waals surface area contributed by atoms with Crippen LogP contribution in [0.2, 0.25) is 0 Å². The van der Waals surface area contributed by atoms with Gasteiger partial charge in [0.15, 0.2) is 0 Å². The van der Waals surface area contributed by atoms with E-state index in [1.807, 2.05) is 19.0 Å². The molecule has 0 spiro atoms. The molecule has 100 valence electrons. The smallest absolute Gasteiger partial charge is 0.223 e. The van der Waals surface area contributed by atoms with Crippen molar-refractivity contribution < 1.29 is 4.79 Å². The van der Waals surface area contributed by atoms with Crippen LogP contribution in [-0.2, 0) is 4.79 Å². The van der Waals surface area contributed by atoms with E-state index >= 15 is 0 Å². The zero-order valence-electron chi connectivity index (χ0n) is 11.5. The number of hydrogen-bond acceptors (Lipinski definition) is 3. The molecule has 0 aromatic rings. The Morgan fingerprint density at radius 1 is 1.35 bits per heavy atom. The monoisotopic (exact) mass is 241 g/mol. The van der Waals surface area contributed by atoms with Gasteiger partial charge in [-0.2, -0.15) is 0 Å². The van der Waals surface area contributed by atoms with Crippen molar-refractivity contribution in [3.63, 3.8) is 0 Å². The first kappa shape index (κ1) is 14.5. The molecule has 0 bridgehead atoms. The van der Waals surface area contributed by atoms with Crippen LogP contribution >= 0.6 is 0 Å². The second-order valence-electron chi connectivity index (χ2n) is 5.19. The van der Waals surface area contributed by atoms with Crippen molar-refractivity contribution in [2.24, 2.45) is 0 Å². The maximum atomic E-state index is 12.1. The second kappa shape index (κ2) is 7.67. The van der Waals surface area contributed by atoms with Gasteiger partial charge < -0.3 is 15.1 Å². The molecule has 1 amide bonds. The minimum atomic E-state index is 0.300. The summed E-state index contributed by atoms with van der Waals surface area (Å²) in [5, 5.41) is 3.46. The number of hydrogen-bond donors (Lipinski definition) is 1. The van der Waals surface area contributed by atoms with E-state index < -0.39 is 0 Å². The molecule has 17 heavy (non-hydrogen) atoms. The third kappa shape index (κ3) is 5.50. The normalized spacial score (nSPS) is 19.9. The summed E-state index contributed by atoms with van der Waals surface area (Å²) in [6.07, 6.45) is 4.14. The molecular weight excluding hydrogens is 214 g/mol. The molecule has 1 atom stereocenters. The summed E-state index contributed by atoms with van der Waals surface area (Å²) in [6, 6.07) is 0.518. The minimum absolute atomic E-state index is 0.300. The third-order valence-electron chi connectivity index (χ3n) is 3.22. The second-order valence-corrected chi connectivity index (χ2v) is 5.19. The molecule has 1 saturated heterocycles. The van der Waals surface area contributed by atoms with Crippen LogP contribution in [0.5, 0.6) is 0 Å². The van der Waals surface area contributed by atoms with Gasteiger partial charge >= 0.3 is 0 Å². The number of rotatable bonds is 7. The van der Waals surface area contributed by atoms with Crippen LogP contribution in [0.15, 0.2) is 0 Å². The Bertz CT molecular complexity index is 225. The number of carbonyl (C=O) groups excluding carboxylic acids is 1. The van der Waals surface area contributed by atoms with Crippen LogP contribution in [0.1, 0.15) is 32.6 Å². The summed E-state index contributed by atoms with van der Waals surface area (Å²) in [5.41, 5.74) is 0. The van der Waals surface area contributed by atoms with E-state index in [1.165, 1.54) is 12.8 Å². The highest BCUT2D eigenvalue weighted by Gasteiger charge is 2.20. The van der Waals surface area contributed by atoms with Crippen LogP contribution in [0, 0.1) is 0 Å². The molecular formula is C13H27N3O. The van der Waals surface area contributed by atoms with Gasteiger partial charge in [-0.05, 0) is 39.9 Å². The van der Waals surface area contributed by atoms with E-state index in [-0.39, 0.29) is 0 Å². The predicted molar refractivity (Wildman–Crippen MR) is 71.1 cm³/mol. The third-order valence-corrected chi connectivity index (χ3v) is 3.22. The van der Waals surface area contributed by atoms with Crippen LogP contribution in [0.4, 0.5) is 0 Å². The lowest BCUT2D eigenvalue weighted by Gasteiger charge is -2.26. The summed E-state index contributed by atoms with van der Waals surface area (Å²) >= 11 is 0. The summed E-state index contributed by atoms with van der Waals surface area (Å²) in [4.78, 5) is 16.2. The molecule has 0 radical (unpaired) electrons. The van der Waals surface area contributed by atoms with E-state index in [9.17, 15) is 4.79 Å². The van der Waals surface area contributed by atoms with Gasteiger partial charge in [0, 0.05) is 32.1 Å². The molecule has 1 unspecified atom stereocenters. The maximum Gasteiger partial charge on any atom is 0.223 e. The lowest BCUT2D eigenvalue weighted by molar-refractivity contribution is -0.131. The first-order valence-electron chi connectivity index (χ1n) is 6.79. The van der Waals surface area contributed by atoms with Gasteiger partial charge in [-0.25, -0.2) is 0 Å². The standard InChI is InChI=1S/C13H27N3O/c1-4-9-16(11-12-6-5-8-14-12)13(17)7-10-15(2)3/h12,14H,4-11H2,1-3H3. The highest BCUT2D eigenvalue weighted by Crippen LogP contribution is 2.08. The highest BCUT2D eigenvalue weighted by atomic mass is 16.2. The lowest BCUT2D eigenvalue weighted by Crippen LogP contribution is -2.42. The van der Waals surface area contributed by atoms with Crippen LogP contribution in [-0.4, -0.2) is 62.0 Å². The Hall–Kier alpha value is -0.610. The predicted octanol–water partition coefficient (Wildman–Crippen LogP) is 0.929. The fourth-order valence-electron chi connectivity index (χ4n) is 2.24. The van der Waals surface area contributed by atoms with Gasteiger partial charge in [0.1, 0.15) is 0 Å². The minimum Gasteiger partial charge on any atom is -0.341 e. The number of nitrogens with zero attached hydrogens (tertiary/aromatic N) is 2. The highest BCUT2D eigenvalue weighted by molar-refractivity contribution is 5.76. The van der Waals surface area contributed by atoms with Gasteiger partial charge in [0.2, 0.25) is 5.91 Å². The average molecular weight is 241 g/mol. The largest absolute Gasteiger partial charge is 0.341 e. The van der Waals surface area contributed by atoms with E-state index in [2.05, 4.69) is 17.1 Å². The van der Waals surface area contributed by atoms with E-state index in [1.54, 1.807) is 0 Å². The lowest BCUT2D eigenvalue weighted by atomic mass is 10.2. The molecule has 1 aliphatic rings. The van der Waals surface area contributed by atoms with Gasteiger partial charge in [-0.15, -0.1) is 0 Å². The quantitative estimate of drug-likeness (QED) is 0.720. The van der Waals surface area contributed by atoms with Gasteiger partial charge in [-0.3, -0.25) is 4.79 Å². The van der Waals surface area contributed by atoms with Crippen molar-refractivity contribution >= 4 is 5.91 Å². The SMILES string of the molecule is CCCN(CC1CCCN1)C(=O)CCN(C)C. The van der Waals surface area contributed by atoms with Gasteiger partial charge in [0.25, 0.3) is 0 Å². The van der Waals surface area contributed by atoms with Crippen molar-refractivity contribution in [3.8, 4) is 0 Å². The summed E-state index contributed by atoms with van der Waals surface area (Å²) in [7, 11) is 4.02. The molecule has 0 aliphatic carbocycles. The molecule has 4 heteroatoms. The van der Waals surface area contributed by atoms with Crippen molar-refractivity contribution in [1.82, 2.24) is 15.1 Å². The summed E-state index contributed by atoms with van der Waals surface area (Å²) in [6.45, 7) is 5.87. The van der Waals surface area contributed by atoms with Gasteiger partial charge in [-0.1, -0.05) is 6.92 Å². The van der Waals surface area contributed by atoms with Crippen LogP contribution < -0.4 is 5.32 Å². The van der Waals surface area contributed by atoms with Crippen molar-refractivity contribution in [1.29, 1.82) is 0 Å². The summed E-state index contributed by atoms with van der Waals surface area (Å²) in [5.74, 6) is 0.300. The fraction of sp³-hybridized carbons (Fsp3) is 0.923. The zero-order chi connectivity index (χ0) is 12.7. The van der Waals surface area contributed by atoms with Crippen molar-refractivity contribution in [2.75, 3.05) is 40.3 Å². The Balaban J connectivity index is 2.37. The fourth-order valence-corrected chi connectivity index (χ4v) is 2.24. The molecule has 0 saturated carbocycles. The molecule has 0 aromatic carbocycles. The Labute approximate surface area is 105 Å². The molecule has 1 heterocycles. The van der Waals surface area contributed by atoms with Gasteiger partial charge in [0.05, 0.1) is 0 Å². The van der Waals surface area contributed by atoms with E-state index in [0.29, 0.717) is 18.4 Å². The van der Waals surface area contributed by atoms with Crippen molar-refractivity contribution in [3.05, 3.63) is 0 Å². The zero-order valence-corrected chi connectivity index (χ0v) is 11.5. The van der Waals surface area contributed by atoms with Crippen molar-refractivity contribution in [2.45, 2.75) is 38.6 Å². The average Bonchev–Trinajstić information content (AvgIpc) is 2.78. The first-order valence-corrected chi connectivity index (χ1v) is 6.79. The van der Waals surface area contributed by atoms with Crippen LogP contribution in [0.3, 0.4) is 0 Å². The van der Waals surface area contributed by atoms with E-state index in [0.717, 1.165) is 32.6 Å². The summed E-state index contributed by atoms with van der Waals surface area (Å²) < 4.78 is 0. The molecule has 1 rings (SSSR count). The molecule has 1 fully saturated rings. The molecule has 0 aromatic heterocycles. The number of nitrogens with one attached hydrogen (secondary N) is 1. The molecule has 4 nitrogen and oxygen atoms in total.